The predicted molar refractivity (Wildman–Crippen MR) is 114 cm³/mol. The number of carbonyl (C=O) groups excluding carboxylic acids is 1. The number of para-hydroxylation sites is 1. The molecule has 1 heterocycles. The zero-order valence-corrected chi connectivity index (χ0v) is 16.9. The third kappa shape index (κ3) is 5.04. The minimum Gasteiger partial charge on any atom is -0.493 e. The summed E-state index contributed by atoms with van der Waals surface area (Å²) in [6, 6.07) is 17.2. The lowest BCUT2D eigenvalue weighted by Gasteiger charge is -2.12. The lowest BCUT2D eigenvalue weighted by molar-refractivity contribution is 0.0946. The molecule has 3 aromatic rings. The molecule has 0 aliphatic heterocycles. The molecule has 6 nitrogen and oxygen atoms in total. The summed E-state index contributed by atoms with van der Waals surface area (Å²) in [5.74, 6) is 1.03. The van der Waals surface area contributed by atoms with E-state index in [-0.39, 0.29) is 5.91 Å². The fraction of sp³-hybridized carbons (Fsp3) is 0.217. The number of ether oxygens (including phenoxy) is 2. The highest BCUT2D eigenvalue weighted by Gasteiger charge is 2.10. The summed E-state index contributed by atoms with van der Waals surface area (Å²) in [4.78, 5) is 16.8. The van der Waals surface area contributed by atoms with Crippen molar-refractivity contribution in [3.8, 4) is 11.5 Å². The highest BCUT2D eigenvalue weighted by Crippen LogP contribution is 2.27. The van der Waals surface area contributed by atoms with Crippen LogP contribution in [0.25, 0.3) is 0 Å². The number of hydrogen-bond donors (Lipinski definition) is 2. The van der Waals surface area contributed by atoms with E-state index in [2.05, 4.69) is 28.6 Å². The van der Waals surface area contributed by atoms with Gasteiger partial charge < -0.3 is 20.1 Å². The summed E-state index contributed by atoms with van der Waals surface area (Å²) in [6.07, 6.45) is 2.55. The van der Waals surface area contributed by atoms with Gasteiger partial charge >= 0.3 is 0 Å². The Morgan fingerprint density at radius 2 is 1.79 bits per heavy atom. The van der Waals surface area contributed by atoms with Crippen LogP contribution in [0.2, 0.25) is 0 Å². The Kier molecular flexibility index (Phi) is 6.68. The fourth-order valence-corrected chi connectivity index (χ4v) is 3.00. The molecule has 0 unspecified atom stereocenters. The van der Waals surface area contributed by atoms with Crippen LogP contribution in [-0.2, 0) is 13.0 Å². The molecular formula is C23H25N3O3. The van der Waals surface area contributed by atoms with E-state index in [1.165, 1.54) is 5.56 Å². The Labute approximate surface area is 170 Å². The molecule has 3 rings (SSSR count). The minimum atomic E-state index is -0.243. The smallest absolute Gasteiger partial charge is 0.270 e. The molecule has 0 saturated carbocycles. The normalized spacial score (nSPS) is 10.3. The summed E-state index contributed by atoms with van der Waals surface area (Å²) >= 11 is 0. The number of hydrogen-bond acceptors (Lipinski definition) is 5. The molecule has 2 N–H and O–H groups in total. The number of pyridine rings is 1. The summed E-state index contributed by atoms with van der Waals surface area (Å²) in [5.41, 5.74) is 4.31. The zero-order chi connectivity index (χ0) is 20.6. The van der Waals surface area contributed by atoms with E-state index in [1.807, 2.05) is 42.5 Å². The number of nitrogens with one attached hydrogen (secondary N) is 2. The number of anilines is 2. The van der Waals surface area contributed by atoms with Gasteiger partial charge in [0.2, 0.25) is 0 Å². The standard InChI is InChI=1S/C23H25N3O3/c1-4-17-7-5-6-8-19(17)26-18-11-12-24-20(14-18)23(27)25-15-16-9-10-21(28-2)22(13-16)29-3/h5-14H,4,15H2,1-3H3,(H,24,26)(H,25,27). The first kappa shape index (κ1) is 20.2. The van der Waals surface area contributed by atoms with Crippen LogP contribution in [-0.4, -0.2) is 25.1 Å². The van der Waals surface area contributed by atoms with Crippen LogP contribution in [0, 0.1) is 0 Å². The van der Waals surface area contributed by atoms with Gasteiger partial charge in [0, 0.05) is 24.1 Å². The maximum absolute atomic E-state index is 12.6. The average Bonchev–Trinajstić information content (AvgIpc) is 2.77. The van der Waals surface area contributed by atoms with Gasteiger partial charge in [-0.05, 0) is 47.9 Å². The van der Waals surface area contributed by atoms with E-state index in [0.29, 0.717) is 23.7 Å². The topological polar surface area (TPSA) is 72.5 Å². The van der Waals surface area contributed by atoms with Crippen molar-refractivity contribution >= 4 is 17.3 Å². The van der Waals surface area contributed by atoms with Gasteiger partial charge in [-0.1, -0.05) is 31.2 Å². The van der Waals surface area contributed by atoms with Crippen LogP contribution in [0.5, 0.6) is 11.5 Å². The van der Waals surface area contributed by atoms with Gasteiger partial charge in [0.1, 0.15) is 5.69 Å². The van der Waals surface area contributed by atoms with Gasteiger partial charge in [-0.2, -0.15) is 0 Å². The fourth-order valence-electron chi connectivity index (χ4n) is 3.00. The molecule has 0 aliphatic rings. The van der Waals surface area contributed by atoms with Crippen LogP contribution in [0.1, 0.15) is 28.5 Å². The maximum atomic E-state index is 12.6. The number of nitrogens with zero attached hydrogens (tertiary/aromatic N) is 1. The molecule has 0 fully saturated rings. The van der Waals surface area contributed by atoms with E-state index < -0.39 is 0 Å². The second-order valence-corrected chi connectivity index (χ2v) is 6.44. The largest absolute Gasteiger partial charge is 0.493 e. The summed E-state index contributed by atoms with van der Waals surface area (Å²) in [7, 11) is 3.17. The lowest BCUT2D eigenvalue weighted by atomic mass is 10.1. The molecule has 6 heteroatoms. The number of amides is 1. The van der Waals surface area contributed by atoms with Crippen LogP contribution in [0.15, 0.2) is 60.8 Å². The average molecular weight is 391 g/mol. The Morgan fingerprint density at radius 1 is 1.00 bits per heavy atom. The quantitative estimate of drug-likeness (QED) is 0.598. The second-order valence-electron chi connectivity index (χ2n) is 6.44. The molecule has 29 heavy (non-hydrogen) atoms. The number of rotatable bonds is 8. The molecule has 1 amide bonds. The van der Waals surface area contributed by atoms with Crippen molar-refractivity contribution < 1.29 is 14.3 Å². The van der Waals surface area contributed by atoms with Crippen LogP contribution >= 0.6 is 0 Å². The third-order valence-corrected chi connectivity index (χ3v) is 4.57. The Morgan fingerprint density at radius 3 is 2.55 bits per heavy atom. The van der Waals surface area contributed by atoms with Gasteiger partial charge in [0.25, 0.3) is 5.91 Å². The van der Waals surface area contributed by atoms with E-state index in [9.17, 15) is 4.79 Å². The van der Waals surface area contributed by atoms with Gasteiger partial charge in [-0.25, -0.2) is 0 Å². The Balaban J connectivity index is 1.68. The molecule has 1 aromatic heterocycles. The summed E-state index contributed by atoms with van der Waals surface area (Å²) < 4.78 is 10.5. The van der Waals surface area contributed by atoms with Crippen molar-refractivity contribution in [2.45, 2.75) is 19.9 Å². The molecule has 2 aromatic carbocycles. The first-order valence-corrected chi connectivity index (χ1v) is 9.44. The molecule has 0 atom stereocenters. The highest BCUT2D eigenvalue weighted by atomic mass is 16.5. The SMILES string of the molecule is CCc1ccccc1Nc1ccnc(C(=O)NCc2ccc(OC)c(OC)c2)c1. The van der Waals surface area contributed by atoms with E-state index >= 15 is 0 Å². The van der Waals surface area contributed by atoms with Crippen molar-refractivity contribution in [1.29, 1.82) is 0 Å². The van der Waals surface area contributed by atoms with Crippen molar-refractivity contribution in [2.24, 2.45) is 0 Å². The zero-order valence-electron chi connectivity index (χ0n) is 16.9. The lowest BCUT2D eigenvalue weighted by Crippen LogP contribution is -2.23. The number of methoxy groups -OCH3 is 2. The Hall–Kier alpha value is -3.54. The Bertz CT molecular complexity index is 989. The van der Waals surface area contributed by atoms with Crippen molar-refractivity contribution in [2.75, 3.05) is 19.5 Å². The maximum Gasteiger partial charge on any atom is 0.270 e. The van der Waals surface area contributed by atoms with Crippen LogP contribution in [0.3, 0.4) is 0 Å². The van der Waals surface area contributed by atoms with Gasteiger partial charge in [0.05, 0.1) is 14.2 Å². The number of aryl methyl sites for hydroxylation is 1. The van der Waals surface area contributed by atoms with E-state index in [1.54, 1.807) is 26.5 Å². The molecule has 150 valence electrons. The van der Waals surface area contributed by atoms with Crippen molar-refractivity contribution in [1.82, 2.24) is 10.3 Å². The molecule has 0 aliphatic carbocycles. The van der Waals surface area contributed by atoms with Gasteiger partial charge in [-0.3, -0.25) is 9.78 Å². The molecule has 0 spiro atoms. The predicted octanol–water partition coefficient (Wildman–Crippen LogP) is 4.33. The van der Waals surface area contributed by atoms with Crippen molar-refractivity contribution in [3.05, 3.63) is 77.6 Å². The number of benzene rings is 2. The second kappa shape index (κ2) is 9.59. The third-order valence-electron chi connectivity index (χ3n) is 4.57. The van der Waals surface area contributed by atoms with Crippen LogP contribution in [0.4, 0.5) is 11.4 Å². The molecule has 0 bridgehead atoms. The van der Waals surface area contributed by atoms with E-state index in [0.717, 1.165) is 23.4 Å². The monoisotopic (exact) mass is 391 g/mol. The van der Waals surface area contributed by atoms with Crippen LogP contribution < -0.4 is 20.1 Å². The van der Waals surface area contributed by atoms with E-state index in [4.69, 9.17) is 9.47 Å². The van der Waals surface area contributed by atoms with Crippen molar-refractivity contribution in [3.63, 3.8) is 0 Å². The number of aromatic nitrogens is 1. The van der Waals surface area contributed by atoms with Gasteiger partial charge in [-0.15, -0.1) is 0 Å². The molecule has 0 saturated heterocycles. The minimum absolute atomic E-state index is 0.243. The molecular weight excluding hydrogens is 366 g/mol. The first-order valence-electron chi connectivity index (χ1n) is 9.44. The van der Waals surface area contributed by atoms with Gasteiger partial charge in [0.15, 0.2) is 11.5 Å². The summed E-state index contributed by atoms with van der Waals surface area (Å²) in [5, 5.41) is 6.26. The summed E-state index contributed by atoms with van der Waals surface area (Å²) in [6.45, 7) is 2.47. The highest BCUT2D eigenvalue weighted by molar-refractivity contribution is 5.93. The molecule has 0 radical (unpaired) electrons. The first-order chi connectivity index (χ1) is 14.1. The number of carbonyl (C=O) groups is 1.